The highest BCUT2D eigenvalue weighted by atomic mass is 32.2. The summed E-state index contributed by atoms with van der Waals surface area (Å²) in [5.41, 5.74) is 3.94. The summed E-state index contributed by atoms with van der Waals surface area (Å²) < 4.78 is 0. The standard InChI is InChI=1S/C17H20N2S/c1-14-8-6-7-11-16(14)12-19-17(18-2)20-13-15-9-4-3-5-10-15/h3-11H,12-13H2,1-2H3,(H,18,19). The fraction of sp³-hybridized carbons (Fsp3) is 0.235. The number of thioether (sulfide) groups is 1. The van der Waals surface area contributed by atoms with Gasteiger partial charge in [-0.2, -0.15) is 0 Å². The monoisotopic (exact) mass is 284 g/mol. The highest BCUT2D eigenvalue weighted by Crippen LogP contribution is 2.13. The van der Waals surface area contributed by atoms with Crippen LogP contribution < -0.4 is 5.32 Å². The van der Waals surface area contributed by atoms with E-state index in [0.29, 0.717) is 0 Å². The second kappa shape index (κ2) is 7.75. The van der Waals surface area contributed by atoms with E-state index in [0.717, 1.165) is 17.5 Å². The molecule has 0 unspecified atom stereocenters. The number of nitrogens with one attached hydrogen (secondary N) is 1. The second-order valence-electron chi connectivity index (χ2n) is 4.58. The molecule has 0 bridgehead atoms. The van der Waals surface area contributed by atoms with E-state index in [1.807, 2.05) is 13.1 Å². The molecule has 0 heterocycles. The van der Waals surface area contributed by atoms with Gasteiger partial charge in [0.1, 0.15) is 0 Å². The molecule has 1 N–H and O–H groups in total. The fourth-order valence-electron chi connectivity index (χ4n) is 1.90. The smallest absolute Gasteiger partial charge is 0.156 e. The predicted octanol–water partition coefficient (Wildman–Crippen LogP) is 4.00. The van der Waals surface area contributed by atoms with Crippen LogP contribution in [0.4, 0.5) is 0 Å². The minimum Gasteiger partial charge on any atom is -0.361 e. The Hall–Kier alpha value is -1.74. The van der Waals surface area contributed by atoms with Gasteiger partial charge in [-0.15, -0.1) is 0 Å². The van der Waals surface area contributed by atoms with Gasteiger partial charge in [0, 0.05) is 19.3 Å². The molecule has 0 aromatic heterocycles. The van der Waals surface area contributed by atoms with E-state index in [9.17, 15) is 0 Å². The number of hydrogen-bond acceptors (Lipinski definition) is 2. The molecule has 3 heteroatoms. The van der Waals surface area contributed by atoms with Gasteiger partial charge in [0.15, 0.2) is 5.17 Å². The van der Waals surface area contributed by atoms with Gasteiger partial charge in [-0.05, 0) is 23.6 Å². The molecule has 2 rings (SSSR count). The maximum atomic E-state index is 4.32. The van der Waals surface area contributed by atoms with Crippen molar-refractivity contribution in [2.24, 2.45) is 4.99 Å². The number of nitrogens with zero attached hydrogens (tertiary/aromatic N) is 1. The fourth-order valence-corrected chi connectivity index (χ4v) is 2.70. The molecule has 0 aliphatic heterocycles. The van der Waals surface area contributed by atoms with Crippen molar-refractivity contribution in [3.05, 3.63) is 71.3 Å². The lowest BCUT2D eigenvalue weighted by molar-refractivity contribution is 0.915. The normalized spacial score (nSPS) is 11.4. The topological polar surface area (TPSA) is 24.4 Å². The Kier molecular flexibility index (Phi) is 5.69. The Bertz CT molecular complexity index is 564. The van der Waals surface area contributed by atoms with Gasteiger partial charge in [-0.3, -0.25) is 4.99 Å². The summed E-state index contributed by atoms with van der Waals surface area (Å²) in [7, 11) is 1.83. The lowest BCUT2D eigenvalue weighted by Gasteiger charge is -2.10. The van der Waals surface area contributed by atoms with Crippen molar-refractivity contribution in [1.29, 1.82) is 0 Å². The van der Waals surface area contributed by atoms with Gasteiger partial charge in [-0.1, -0.05) is 66.4 Å². The SMILES string of the molecule is CN=C(NCc1ccccc1C)SCc1ccccc1. The second-order valence-corrected chi connectivity index (χ2v) is 5.55. The van der Waals surface area contributed by atoms with Gasteiger partial charge in [-0.25, -0.2) is 0 Å². The van der Waals surface area contributed by atoms with Crippen LogP contribution in [0.1, 0.15) is 16.7 Å². The van der Waals surface area contributed by atoms with E-state index in [4.69, 9.17) is 0 Å². The number of aliphatic imine (C=N–C) groups is 1. The molecule has 20 heavy (non-hydrogen) atoms. The first-order valence-corrected chi connectivity index (χ1v) is 7.70. The summed E-state index contributed by atoms with van der Waals surface area (Å²) in [6.45, 7) is 2.96. The Balaban J connectivity index is 1.86. The molecular formula is C17H20N2S. The van der Waals surface area contributed by atoms with E-state index in [1.54, 1.807) is 11.8 Å². The first kappa shape index (κ1) is 14.7. The summed E-state index contributed by atoms with van der Waals surface area (Å²) in [5.74, 6) is 0.939. The minimum atomic E-state index is 0.821. The lowest BCUT2D eigenvalue weighted by atomic mass is 10.1. The molecule has 2 aromatic rings. The van der Waals surface area contributed by atoms with Crippen molar-refractivity contribution in [3.8, 4) is 0 Å². The highest BCUT2D eigenvalue weighted by Gasteiger charge is 2.02. The molecule has 2 nitrogen and oxygen atoms in total. The largest absolute Gasteiger partial charge is 0.361 e. The van der Waals surface area contributed by atoms with Gasteiger partial charge >= 0.3 is 0 Å². The number of rotatable bonds is 4. The van der Waals surface area contributed by atoms with Gasteiger partial charge < -0.3 is 5.32 Å². The molecule has 104 valence electrons. The number of amidine groups is 1. The van der Waals surface area contributed by atoms with E-state index >= 15 is 0 Å². The zero-order chi connectivity index (χ0) is 14.2. The summed E-state index contributed by atoms with van der Waals surface area (Å²) in [6.07, 6.45) is 0. The third-order valence-corrected chi connectivity index (χ3v) is 4.19. The third kappa shape index (κ3) is 4.42. The predicted molar refractivity (Wildman–Crippen MR) is 89.1 cm³/mol. The molecule has 0 spiro atoms. The molecule has 0 saturated carbocycles. The molecular weight excluding hydrogens is 264 g/mol. The van der Waals surface area contributed by atoms with Crippen LogP contribution in [0.5, 0.6) is 0 Å². The Morgan fingerprint density at radius 3 is 2.45 bits per heavy atom. The molecule has 0 amide bonds. The van der Waals surface area contributed by atoms with Crippen molar-refractivity contribution < 1.29 is 0 Å². The zero-order valence-electron chi connectivity index (χ0n) is 12.0. The molecule has 0 radical (unpaired) electrons. The molecule has 0 fully saturated rings. The van der Waals surface area contributed by atoms with Crippen LogP contribution >= 0.6 is 11.8 Å². The minimum absolute atomic E-state index is 0.821. The molecule has 0 aliphatic carbocycles. The molecule has 2 aromatic carbocycles. The van der Waals surface area contributed by atoms with Crippen molar-refractivity contribution in [1.82, 2.24) is 5.32 Å². The van der Waals surface area contributed by atoms with Gasteiger partial charge in [0.2, 0.25) is 0 Å². The van der Waals surface area contributed by atoms with Gasteiger partial charge in [0.05, 0.1) is 0 Å². The van der Waals surface area contributed by atoms with Crippen LogP contribution in [0, 0.1) is 6.92 Å². The summed E-state index contributed by atoms with van der Waals surface area (Å²) in [4.78, 5) is 4.32. The van der Waals surface area contributed by atoms with Crippen LogP contribution in [-0.4, -0.2) is 12.2 Å². The number of hydrogen-bond donors (Lipinski definition) is 1. The summed E-state index contributed by atoms with van der Waals surface area (Å²) >= 11 is 1.74. The Labute approximate surface area is 125 Å². The summed E-state index contributed by atoms with van der Waals surface area (Å²) in [6, 6.07) is 18.9. The van der Waals surface area contributed by atoms with Gasteiger partial charge in [0.25, 0.3) is 0 Å². The first-order valence-electron chi connectivity index (χ1n) is 6.71. The van der Waals surface area contributed by atoms with Crippen LogP contribution in [0.15, 0.2) is 59.6 Å². The van der Waals surface area contributed by atoms with Crippen molar-refractivity contribution in [3.63, 3.8) is 0 Å². The van der Waals surface area contributed by atoms with E-state index < -0.39 is 0 Å². The number of aryl methyl sites for hydroxylation is 1. The van der Waals surface area contributed by atoms with Crippen LogP contribution in [-0.2, 0) is 12.3 Å². The van der Waals surface area contributed by atoms with E-state index in [-0.39, 0.29) is 0 Å². The maximum Gasteiger partial charge on any atom is 0.156 e. The van der Waals surface area contributed by atoms with Crippen LogP contribution in [0.2, 0.25) is 0 Å². The summed E-state index contributed by atoms with van der Waals surface area (Å²) in [5, 5.41) is 4.39. The average molecular weight is 284 g/mol. The quantitative estimate of drug-likeness (QED) is 0.678. The lowest BCUT2D eigenvalue weighted by Crippen LogP contribution is -2.20. The molecule has 0 atom stereocenters. The third-order valence-electron chi connectivity index (χ3n) is 3.11. The first-order chi connectivity index (χ1) is 9.79. The highest BCUT2D eigenvalue weighted by molar-refractivity contribution is 8.13. The Morgan fingerprint density at radius 2 is 1.75 bits per heavy atom. The van der Waals surface area contributed by atoms with Crippen molar-refractivity contribution >= 4 is 16.9 Å². The number of benzene rings is 2. The van der Waals surface area contributed by atoms with E-state index in [2.05, 4.69) is 65.8 Å². The molecule has 0 aliphatic rings. The van der Waals surface area contributed by atoms with Crippen molar-refractivity contribution in [2.75, 3.05) is 7.05 Å². The zero-order valence-corrected chi connectivity index (χ0v) is 12.8. The Morgan fingerprint density at radius 1 is 1.05 bits per heavy atom. The van der Waals surface area contributed by atoms with Crippen LogP contribution in [0.3, 0.4) is 0 Å². The van der Waals surface area contributed by atoms with Crippen LogP contribution in [0.25, 0.3) is 0 Å². The average Bonchev–Trinajstić information content (AvgIpc) is 2.50. The molecule has 0 saturated heterocycles. The van der Waals surface area contributed by atoms with E-state index in [1.165, 1.54) is 16.7 Å². The van der Waals surface area contributed by atoms with Crippen molar-refractivity contribution in [2.45, 2.75) is 19.2 Å². The maximum absolute atomic E-state index is 4.32.